The molecular weight excluding hydrogens is 378 g/mol. The molecule has 0 unspecified atom stereocenters. The van der Waals surface area contributed by atoms with Crippen molar-refractivity contribution in [2.75, 3.05) is 24.5 Å². The molecule has 0 fully saturated rings. The molecule has 1 aromatic carbocycles. The fraction of sp³-hybridized carbons (Fsp3) is 0.292. The summed E-state index contributed by atoms with van der Waals surface area (Å²) in [6.45, 7) is 10.1. The molecule has 0 aromatic heterocycles. The van der Waals surface area contributed by atoms with Gasteiger partial charge in [-0.25, -0.2) is 0 Å². The standard InChI is InChI=1S/C24H31N3OS/c1-4-6-12-23(19(3)29)27(21-10-8-7-9-11-21)22-15-13-20(14-16-22)24(28)26-18-17-25-5-2/h4,6,8,10-16,25,29H,1,5,7,9,17-18H2,2-3H3,(H,26,28)/b12-6-,23-19-. The summed E-state index contributed by atoms with van der Waals surface area (Å²) in [6, 6.07) is 7.67. The van der Waals surface area contributed by atoms with Crippen molar-refractivity contribution in [1.82, 2.24) is 10.6 Å². The van der Waals surface area contributed by atoms with E-state index >= 15 is 0 Å². The van der Waals surface area contributed by atoms with Crippen LogP contribution in [-0.4, -0.2) is 25.5 Å². The summed E-state index contributed by atoms with van der Waals surface area (Å²) in [6.07, 6.45) is 14.2. The second-order valence-corrected chi connectivity index (χ2v) is 7.34. The third kappa shape index (κ3) is 6.80. The molecule has 1 aromatic rings. The van der Waals surface area contributed by atoms with E-state index in [9.17, 15) is 4.79 Å². The van der Waals surface area contributed by atoms with E-state index in [0.29, 0.717) is 12.1 Å². The van der Waals surface area contributed by atoms with Gasteiger partial charge in [0.05, 0.1) is 5.70 Å². The van der Waals surface area contributed by atoms with Crippen LogP contribution in [0, 0.1) is 0 Å². The molecule has 0 aliphatic heterocycles. The topological polar surface area (TPSA) is 44.4 Å². The molecule has 0 atom stereocenters. The van der Waals surface area contributed by atoms with Crippen LogP contribution in [0.25, 0.3) is 0 Å². The van der Waals surface area contributed by atoms with Crippen LogP contribution in [0.15, 0.2) is 83.6 Å². The molecule has 154 valence electrons. The quantitative estimate of drug-likeness (QED) is 0.290. The zero-order valence-electron chi connectivity index (χ0n) is 17.3. The van der Waals surface area contributed by atoms with Crippen molar-refractivity contribution in [1.29, 1.82) is 0 Å². The van der Waals surface area contributed by atoms with Gasteiger partial charge in [-0.05, 0) is 62.7 Å². The first-order valence-electron chi connectivity index (χ1n) is 10.0. The zero-order valence-corrected chi connectivity index (χ0v) is 18.2. The average Bonchev–Trinajstić information content (AvgIpc) is 2.74. The minimum absolute atomic E-state index is 0.0644. The predicted molar refractivity (Wildman–Crippen MR) is 127 cm³/mol. The van der Waals surface area contributed by atoms with Crippen molar-refractivity contribution >= 4 is 24.2 Å². The fourth-order valence-corrected chi connectivity index (χ4v) is 3.19. The molecule has 0 bridgehead atoms. The van der Waals surface area contributed by atoms with Crippen molar-refractivity contribution < 1.29 is 4.79 Å². The van der Waals surface area contributed by atoms with E-state index in [2.05, 4.69) is 53.0 Å². The molecule has 1 aliphatic carbocycles. The first kappa shape index (κ1) is 22.8. The van der Waals surface area contributed by atoms with Crippen LogP contribution in [0.4, 0.5) is 5.69 Å². The lowest BCUT2D eigenvalue weighted by Gasteiger charge is -2.29. The van der Waals surface area contributed by atoms with Gasteiger partial charge in [-0.1, -0.05) is 37.8 Å². The van der Waals surface area contributed by atoms with Gasteiger partial charge in [-0.3, -0.25) is 4.79 Å². The molecule has 0 saturated heterocycles. The Hall–Kier alpha value is -2.50. The van der Waals surface area contributed by atoms with Gasteiger partial charge < -0.3 is 15.5 Å². The lowest BCUT2D eigenvalue weighted by Crippen LogP contribution is -2.31. The Balaban J connectivity index is 2.29. The molecule has 0 heterocycles. The van der Waals surface area contributed by atoms with E-state index in [0.717, 1.165) is 47.9 Å². The highest BCUT2D eigenvalue weighted by atomic mass is 32.1. The van der Waals surface area contributed by atoms with Crippen molar-refractivity contribution in [3.05, 3.63) is 89.2 Å². The van der Waals surface area contributed by atoms with E-state index in [1.165, 1.54) is 0 Å². The van der Waals surface area contributed by atoms with Gasteiger partial charge in [0.2, 0.25) is 0 Å². The number of anilines is 1. The number of carbonyl (C=O) groups is 1. The number of likely N-dealkylation sites (N-methyl/N-ethyl adjacent to an activating group) is 1. The monoisotopic (exact) mass is 409 g/mol. The lowest BCUT2D eigenvalue weighted by atomic mass is 10.1. The number of amides is 1. The first-order chi connectivity index (χ1) is 14.1. The fourth-order valence-electron chi connectivity index (χ4n) is 3.01. The summed E-state index contributed by atoms with van der Waals surface area (Å²) in [5.74, 6) is -0.0644. The van der Waals surface area contributed by atoms with E-state index in [4.69, 9.17) is 0 Å². The minimum atomic E-state index is -0.0644. The Labute approximate surface area is 180 Å². The molecule has 29 heavy (non-hydrogen) atoms. The molecule has 1 aliphatic rings. The third-order valence-electron chi connectivity index (χ3n) is 4.46. The lowest BCUT2D eigenvalue weighted by molar-refractivity contribution is 0.0954. The average molecular weight is 410 g/mol. The maximum atomic E-state index is 12.4. The summed E-state index contributed by atoms with van der Waals surface area (Å²) in [5, 5.41) is 6.13. The number of hydrogen-bond acceptors (Lipinski definition) is 4. The van der Waals surface area contributed by atoms with E-state index in [1.54, 1.807) is 6.08 Å². The minimum Gasteiger partial charge on any atom is -0.351 e. The van der Waals surface area contributed by atoms with Crippen LogP contribution in [0.2, 0.25) is 0 Å². The van der Waals surface area contributed by atoms with Gasteiger partial charge in [0, 0.05) is 34.9 Å². The van der Waals surface area contributed by atoms with Crippen LogP contribution in [0.5, 0.6) is 0 Å². The Morgan fingerprint density at radius 1 is 1.24 bits per heavy atom. The Bertz CT molecular complexity index is 815. The predicted octanol–water partition coefficient (Wildman–Crippen LogP) is 4.97. The normalized spacial score (nSPS) is 14.4. The smallest absolute Gasteiger partial charge is 0.251 e. The van der Waals surface area contributed by atoms with Crippen LogP contribution < -0.4 is 15.5 Å². The molecule has 0 spiro atoms. The summed E-state index contributed by atoms with van der Waals surface area (Å²) < 4.78 is 0. The number of nitrogens with zero attached hydrogens (tertiary/aromatic N) is 1. The molecule has 0 radical (unpaired) electrons. The van der Waals surface area contributed by atoms with Gasteiger partial charge in [0.15, 0.2) is 0 Å². The largest absolute Gasteiger partial charge is 0.351 e. The molecule has 4 nitrogen and oxygen atoms in total. The number of nitrogens with one attached hydrogen (secondary N) is 2. The number of rotatable bonds is 10. The van der Waals surface area contributed by atoms with Crippen LogP contribution >= 0.6 is 12.6 Å². The number of thiol groups is 1. The maximum absolute atomic E-state index is 12.4. The maximum Gasteiger partial charge on any atom is 0.251 e. The molecule has 1 amide bonds. The number of carbonyl (C=O) groups excluding carboxylic acids is 1. The Morgan fingerprint density at radius 2 is 2.00 bits per heavy atom. The van der Waals surface area contributed by atoms with Gasteiger partial charge in [-0.2, -0.15) is 0 Å². The highest BCUT2D eigenvalue weighted by molar-refractivity contribution is 7.84. The van der Waals surface area contributed by atoms with Gasteiger partial charge in [0.1, 0.15) is 0 Å². The first-order valence-corrected chi connectivity index (χ1v) is 10.5. The second kappa shape index (κ2) is 12.1. The molecular formula is C24H31N3OS. The summed E-state index contributed by atoms with van der Waals surface area (Å²) in [7, 11) is 0. The summed E-state index contributed by atoms with van der Waals surface area (Å²) in [4.78, 5) is 15.4. The van der Waals surface area contributed by atoms with Crippen molar-refractivity contribution in [2.45, 2.75) is 26.7 Å². The Morgan fingerprint density at radius 3 is 2.59 bits per heavy atom. The number of hydrogen-bond donors (Lipinski definition) is 3. The van der Waals surface area contributed by atoms with Crippen molar-refractivity contribution in [2.24, 2.45) is 0 Å². The van der Waals surface area contributed by atoms with Gasteiger partial charge >= 0.3 is 0 Å². The molecule has 0 saturated carbocycles. The van der Waals surface area contributed by atoms with Gasteiger partial charge in [0.25, 0.3) is 5.91 Å². The Kier molecular flexibility index (Phi) is 9.54. The van der Waals surface area contributed by atoms with E-state index in [1.807, 2.05) is 50.3 Å². The second-order valence-electron chi connectivity index (χ2n) is 6.67. The SMILES string of the molecule is C=C/C=C\C(=C(/C)S)N(C1=CCCC=C1)c1ccc(C(=O)NCCNCC)cc1. The third-order valence-corrected chi connectivity index (χ3v) is 4.69. The summed E-state index contributed by atoms with van der Waals surface area (Å²) in [5.41, 5.74) is 3.68. The highest BCUT2D eigenvalue weighted by Crippen LogP contribution is 2.30. The van der Waals surface area contributed by atoms with Crippen molar-refractivity contribution in [3.8, 4) is 0 Å². The molecule has 2 N–H and O–H groups in total. The number of allylic oxidation sites excluding steroid dienone is 7. The van der Waals surface area contributed by atoms with Crippen LogP contribution in [0.3, 0.4) is 0 Å². The van der Waals surface area contributed by atoms with Crippen LogP contribution in [0.1, 0.15) is 37.0 Å². The van der Waals surface area contributed by atoms with Gasteiger partial charge in [-0.15, -0.1) is 12.6 Å². The zero-order chi connectivity index (χ0) is 21.1. The van der Waals surface area contributed by atoms with E-state index < -0.39 is 0 Å². The number of benzene rings is 1. The van der Waals surface area contributed by atoms with E-state index in [-0.39, 0.29) is 5.91 Å². The highest BCUT2D eigenvalue weighted by Gasteiger charge is 2.17. The molecule has 2 rings (SSSR count). The summed E-state index contributed by atoms with van der Waals surface area (Å²) >= 11 is 4.61. The van der Waals surface area contributed by atoms with Crippen molar-refractivity contribution in [3.63, 3.8) is 0 Å². The molecule has 5 heteroatoms. The van der Waals surface area contributed by atoms with Crippen LogP contribution in [-0.2, 0) is 0 Å².